The molecule has 3 N–H and O–H groups in total. The molecule has 0 bridgehead atoms. The maximum atomic E-state index is 12.6. The van der Waals surface area contributed by atoms with Crippen molar-refractivity contribution in [1.29, 1.82) is 0 Å². The Morgan fingerprint density at radius 1 is 1.07 bits per heavy atom. The van der Waals surface area contributed by atoms with Crippen molar-refractivity contribution in [2.24, 2.45) is 5.92 Å². The molecular weight excluding hydrogens is 372 g/mol. The molecular formula is C21H26N4O4. The molecule has 0 aromatic heterocycles. The van der Waals surface area contributed by atoms with E-state index in [0.717, 1.165) is 5.56 Å². The van der Waals surface area contributed by atoms with Crippen molar-refractivity contribution < 1.29 is 14.5 Å². The predicted molar refractivity (Wildman–Crippen MR) is 112 cm³/mol. The zero-order valence-corrected chi connectivity index (χ0v) is 16.6. The molecule has 3 amide bonds. The van der Waals surface area contributed by atoms with Crippen LogP contribution in [0.1, 0.15) is 25.8 Å². The summed E-state index contributed by atoms with van der Waals surface area (Å²) in [5.74, 6) is -0.302. The number of hydrogen-bond donors (Lipinski definition) is 3. The second kappa shape index (κ2) is 10.8. The van der Waals surface area contributed by atoms with Crippen molar-refractivity contribution in [2.75, 3.05) is 11.9 Å². The Morgan fingerprint density at radius 3 is 2.31 bits per heavy atom. The van der Waals surface area contributed by atoms with Crippen LogP contribution in [0.15, 0.2) is 54.6 Å². The van der Waals surface area contributed by atoms with E-state index in [1.807, 2.05) is 44.2 Å². The zero-order valence-electron chi connectivity index (χ0n) is 16.6. The normalized spacial score (nSPS) is 12.5. The maximum Gasteiger partial charge on any atom is 0.319 e. The number of nitrogens with zero attached hydrogens (tertiary/aromatic N) is 1. The number of carbonyl (C=O) groups excluding carboxylic acids is 2. The molecule has 0 saturated heterocycles. The average molecular weight is 398 g/mol. The molecule has 0 aliphatic carbocycles. The van der Waals surface area contributed by atoms with Crippen LogP contribution in [0.5, 0.6) is 0 Å². The summed E-state index contributed by atoms with van der Waals surface area (Å²) in [6.07, 6.45) is 1.42. The van der Waals surface area contributed by atoms with Gasteiger partial charge in [-0.3, -0.25) is 14.9 Å². The lowest BCUT2D eigenvalue weighted by Crippen LogP contribution is -2.51. The maximum absolute atomic E-state index is 12.6. The minimum absolute atomic E-state index is 0.0608. The first-order valence-electron chi connectivity index (χ1n) is 9.54. The summed E-state index contributed by atoms with van der Waals surface area (Å²) < 4.78 is 0. The third-order valence-corrected chi connectivity index (χ3v) is 4.67. The molecule has 0 aliphatic rings. The van der Waals surface area contributed by atoms with Crippen LogP contribution >= 0.6 is 0 Å². The molecule has 0 fully saturated rings. The van der Waals surface area contributed by atoms with Crippen molar-refractivity contribution in [3.8, 4) is 0 Å². The van der Waals surface area contributed by atoms with Gasteiger partial charge in [0, 0.05) is 24.4 Å². The lowest BCUT2D eigenvalue weighted by atomic mass is 9.98. The number of nitrogens with one attached hydrogen (secondary N) is 3. The number of benzene rings is 2. The Kier molecular flexibility index (Phi) is 8.14. The summed E-state index contributed by atoms with van der Waals surface area (Å²) in [4.78, 5) is 35.1. The molecule has 0 heterocycles. The van der Waals surface area contributed by atoms with E-state index in [9.17, 15) is 19.7 Å². The Morgan fingerprint density at radius 2 is 1.72 bits per heavy atom. The predicted octanol–water partition coefficient (Wildman–Crippen LogP) is 3.49. The molecule has 8 heteroatoms. The van der Waals surface area contributed by atoms with E-state index in [-0.39, 0.29) is 17.5 Å². The molecule has 2 rings (SSSR count). The van der Waals surface area contributed by atoms with Crippen LogP contribution in [0.2, 0.25) is 0 Å². The van der Waals surface area contributed by atoms with Gasteiger partial charge >= 0.3 is 6.03 Å². The third kappa shape index (κ3) is 6.91. The van der Waals surface area contributed by atoms with Crippen molar-refractivity contribution in [3.05, 3.63) is 70.3 Å². The van der Waals surface area contributed by atoms with Crippen LogP contribution in [0.4, 0.5) is 16.2 Å². The van der Waals surface area contributed by atoms with Crippen molar-refractivity contribution in [2.45, 2.75) is 32.7 Å². The Hall–Kier alpha value is -3.42. The first-order chi connectivity index (χ1) is 13.9. The number of nitro benzene ring substituents is 1. The van der Waals surface area contributed by atoms with Crippen LogP contribution in [-0.2, 0) is 11.2 Å². The van der Waals surface area contributed by atoms with Gasteiger partial charge in [-0.2, -0.15) is 0 Å². The van der Waals surface area contributed by atoms with Gasteiger partial charge < -0.3 is 16.0 Å². The molecule has 2 aromatic rings. The highest BCUT2D eigenvalue weighted by Crippen LogP contribution is 2.15. The van der Waals surface area contributed by atoms with E-state index in [4.69, 9.17) is 0 Å². The summed E-state index contributed by atoms with van der Waals surface area (Å²) in [6.45, 7) is 4.32. The second-order valence-corrected chi connectivity index (χ2v) is 6.79. The van der Waals surface area contributed by atoms with E-state index in [2.05, 4.69) is 16.0 Å². The Labute approximate surface area is 169 Å². The summed E-state index contributed by atoms with van der Waals surface area (Å²) in [5.41, 5.74) is 1.46. The van der Waals surface area contributed by atoms with Gasteiger partial charge in [-0.25, -0.2) is 4.79 Å². The monoisotopic (exact) mass is 398 g/mol. The van der Waals surface area contributed by atoms with E-state index >= 15 is 0 Å². The van der Waals surface area contributed by atoms with Gasteiger partial charge in [-0.05, 0) is 30.0 Å². The molecule has 2 aromatic carbocycles. The lowest BCUT2D eigenvalue weighted by Gasteiger charge is -2.23. The first kappa shape index (κ1) is 21.9. The highest BCUT2D eigenvalue weighted by atomic mass is 16.6. The first-order valence-corrected chi connectivity index (χ1v) is 9.54. The van der Waals surface area contributed by atoms with Gasteiger partial charge in [0.1, 0.15) is 6.04 Å². The fraction of sp³-hybridized carbons (Fsp3) is 0.333. The number of carbonyl (C=O) groups is 2. The quantitative estimate of drug-likeness (QED) is 0.443. The largest absolute Gasteiger partial charge is 0.354 e. The van der Waals surface area contributed by atoms with Crippen LogP contribution in [0, 0.1) is 16.0 Å². The van der Waals surface area contributed by atoms with Crippen LogP contribution in [0.3, 0.4) is 0 Å². The summed E-state index contributed by atoms with van der Waals surface area (Å²) in [7, 11) is 0. The second-order valence-electron chi connectivity index (χ2n) is 6.79. The fourth-order valence-corrected chi connectivity index (χ4v) is 2.76. The Bertz CT molecular complexity index is 824. The standard InChI is InChI=1S/C21H26N4O4/c1-3-15(2)19(20(26)22-14-13-16-7-5-4-6-8-16)24-21(27)23-17-9-11-18(12-10-17)25(28)29/h4-12,15,19H,3,13-14H2,1-2H3,(H,22,26)(H2,23,24,27). The number of rotatable bonds is 9. The van der Waals surface area contributed by atoms with E-state index in [1.54, 1.807) is 0 Å². The minimum atomic E-state index is -0.686. The average Bonchev–Trinajstić information content (AvgIpc) is 2.72. The number of urea groups is 1. The summed E-state index contributed by atoms with van der Waals surface area (Å²) in [6, 6.07) is 14.1. The SMILES string of the molecule is CCC(C)C(NC(=O)Nc1ccc([N+](=O)[O-])cc1)C(=O)NCCc1ccccc1. The van der Waals surface area contributed by atoms with Gasteiger partial charge in [0.15, 0.2) is 0 Å². The number of hydrogen-bond acceptors (Lipinski definition) is 4. The highest BCUT2D eigenvalue weighted by molar-refractivity contribution is 5.93. The minimum Gasteiger partial charge on any atom is -0.354 e. The number of nitro groups is 1. The van der Waals surface area contributed by atoms with Gasteiger partial charge in [0.25, 0.3) is 5.69 Å². The van der Waals surface area contributed by atoms with Crippen molar-refractivity contribution >= 4 is 23.3 Å². The molecule has 0 aliphatic heterocycles. The number of amides is 3. The van der Waals surface area contributed by atoms with Crippen molar-refractivity contribution in [1.82, 2.24) is 10.6 Å². The molecule has 2 atom stereocenters. The smallest absolute Gasteiger partial charge is 0.319 e. The number of anilines is 1. The molecule has 29 heavy (non-hydrogen) atoms. The molecule has 8 nitrogen and oxygen atoms in total. The van der Waals surface area contributed by atoms with E-state index < -0.39 is 17.0 Å². The third-order valence-electron chi connectivity index (χ3n) is 4.67. The van der Waals surface area contributed by atoms with Crippen LogP contribution in [0.25, 0.3) is 0 Å². The molecule has 0 spiro atoms. The van der Waals surface area contributed by atoms with Gasteiger partial charge in [0.05, 0.1) is 4.92 Å². The highest BCUT2D eigenvalue weighted by Gasteiger charge is 2.25. The lowest BCUT2D eigenvalue weighted by molar-refractivity contribution is -0.384. The van der Waals surface area contributed by atoms with Gasteiger partial charge in [-0.15, -0.1) is 0 Å². The van der Waals surface area contributed by atoms with E-state index in [0.29, 0.717) is 25.1 Å². The zero-order chi connectivity index (χ0) is 21.2. The summed E-state index contributed by atoms with van der Waals surface area (Å²) >= 11 is 0. The van der Waals surface area contributed by atoms with Crippen LogP contribution in [-0.4, -0.2) is 29.4 Å². The molecule has 154 valence electrons. The fourth-order valence-electron chi connectivity index (χ4n) is 2.76. The number of non-ortho nitro benzene ring substituents is 1. The van der Waals surface area contributed by atoms with Gasteiger partial charge in [0.2, 0.25) is 5.91 Å². The van der Waals surface area contributed by atoms with Gasteiger partial charge in [-0.1, -0.05) is 50.6 Å². The topological polar surface area (TPSA) is 113 Å². The van der Waals surface area contributed by atoms with Crippen LogP contribution < -0.4 is 16.0 Å². The Balaban J connectivity index is 1.91. The molecule has 2 unspecified atom stereocenters. The molecule has 0 radical (unpaired) electrons. The summed E-state index contributed by atoms with van der Waals surface area (Å²) in [5, 5.41) is 18.9. The van der Waals surface area contributed by atoms with E-state index in [1.165, 1.54) is 24.3 Å². The molecule has 0 saturated carbocycles. The van der Waals surface area contributed by atoms with Crippen molar-refractivity contribution in [3.63, 3.8) is 0 Å².